The maximum atomic E-state index is 12.1. The molecule has 20 heavy (non-hydrogen) atoms. The van der Waals surface area contributed by atoms with Gasteiger partial charge in [0.2, 0.25) is 0 Å². The number of nitrogens with two attached hydrogens (primary N) is 1. The number of halogens is 5. The van der Waals surface area contributed by atoms with Crippen molar-refractivity contribution < 1.29 is 17.7 Å². The van der Waals surface area contributed by atoms with Crippen molar-refractivity contribution >= 4 is 37.5 Å². The van der Waals surface area contributed by atoms with Crippen LogP contribution in [0.15, 0.2) is 25.6 Å². The van der Waals surface area contributed by atoms with Crippen LogP contribution in [-0.2, 0) is 6.42 Å². The molecule has 0 aliphatic carbocycles. The molecule has 0 aliphatic rings. The molecule has 1 heterocycles. The number of nitrogen functional groups attached to an aromatic ring is 1. The molecule has 2 N–H and O–H groups in total. The van der Waals surface area contributed by atoms with Crippen molar-refractivity contribution in [3.8, 4) is 11.5 Å². The molecule has 0 saturated heterocycles. The van der Waals surface area contributed by atoms with Crippen LogP contribution in [0.3, 0.4) is 0 Å². The fourth-order valence-electron chi connectivity index (χ4n) is 1.48. The predicted molar refractivity (Wildman–Crippen MR) is 73.9 cm³/mol. The van der Waals surface area contributed by atoms with E-state index in [1.54, 1.807) is 12.1 Å². The lowest BCUT2D eigenvalue weighted by Crippen LogP contribution is -2.09. The first-order valence-electron chi connectivity index (χ1n) is 5.40. The maximum Gasteiger partial charge on any atom is 0.389 e. The van der Waals surface area contributed by atoms with Gasteiger partial charge in [-0.1, -0.05) is 21.1 Å². The van der Waals surface area contributed by atoms with Crippen molar-refractivity contribution in [3.63, 3.8) is 0 Å². The van der Waals surface area contributed by atoms with Crippen LogP contribution in [0.1, 0.15) is 12.2 Å². The fourth-order valence-corrected chi connectivity index (χ4v) is 2.71. The zero-order chi connectivity index (χ0) is 14.9. The van der Waals surface area contributed by atoms with Crippen LogP contribution < -0.4 is 5.73 Å². The third-order valence-electron chi connectivity index (χ3n) is 2.42. The number of alkyl halides is 3. The van der Waals surface area contributed by atoms with E-state index in [-0.39, 0.29) is 18.1 Å². The van der Waals surface area contributed by atoms with Gasteiger partial charge >= 0.3 is 6.18 Å². The molecule has 0 aliphatic heterocycles. The molecule has 0 saturated carbocycles. The van der Waals surface area contributed by atoms with Crippen LogP contribution in [0.4, 0.5) is 18.9 Å². The first-order chi connectivity index (χ1) is 9.26. The first kappa shape index (κ1) is 15.3. The van der Waals surface area contributed by atoms with Crippen LogP contribution in [0.2, 0.25) is 0 Å². The average Bonchev–Trinajstić information content (AvgIpc) is 2.79. The summed E-state index contributed by atoms with van der Waals surface area (Å²) in [6.45, 7) is 0. The van der Waals surface area contributed by atoms with Crippen molar-refractivity contribution in [1.82, 2.24) is 10.1 Å². The third-order valence-corrected chi connectivity index (χ3v) is 3.54. The van der Waals surface area contributed by atoms with Crippen LogP contribution in [-0.4, -0.2) is 16.3 Å². The van der Waals surface area contributed by atoms with Crippen molar-refractivity contribution in [2.75, 3.05) is 5.73 Å². The second-order valence-corrected chi connectivity index (χ2v) is 5.75. The van der Waals surface area contributed by atoms with Gasteiger partial charge in [-0.3, -0.25) is 0 Å². The second-order valence-electron chi connectivity index (χ2n) is 3.98. The van der Waals surface area contributed by atoms with E-state index in [4.69, 9.17) is 10.3 Å². The topological polar surface area (TPSA) is 64.9 Å². The SMILES string of the molecule is Nc1c(Br)cc(Br)cc1-c1nc(CCC(F)(F)F)no1. The molecule has 0 atom stereocenters. The van der Waals surface area contributed by atoms with Gasteiger partial charge in [-0.25, -0.2) is 0 Å². The zero-order valence-electron chi connectivity index (χ0n) is 9.84. The van der Waals surface area contributed by atoms with Gasteiger partial charge in [0.05, 0.1) is 17.7 Å². The van der Waals surface area contributed by atoms with Gasteiger partial charge in [0.1, 0.15) is 0 Å². The van der Waals surface area contributed by atoms with E-state index >= 15 is 0 Å². The highest BCUT2D eigenvalue weighted by Gasteiger charge is 2.27. The maximum absolute atomic E-state index is 12.1. The van der Waals surface area contributed by atoms with E-state index in [1.165, 1.54) is 0 Å². The highest BCUT2D eigenvalue weighted by molar-refractivity contribution is 9.11. The number of benzene rings is 1. The summed E-state index contributed by atoms with van der Waals surface area (Å²) in [5.41, 5.74) is 6.69. The molecule has 0 radical (unpaired) electrons. The number of hydrogen-bond donors (Lipinski definition) is 1. The Labute approximate surface area is 128 Å². The molecular formula is C11H8Br2F3N3O. The molecular weight excluding hydrogens is 407 g/mol. The van der Waals surface area contributed by atoms with E-state index in [1.807, 2.05) is 0 Å². The molecule has 9 heteroatoms. The summed E-state index contributed by atoms with van der Waals surface area (Å²) < 4.78 is 42.7. The third kappa shape index (κ3) is 3.72. The minimum absolute atomic E-state index is 0.00665. The highest BCUT2D eigenvalue weighted by atomic mass is 79.9. The van der Waals surface area contributed by atoms with Gasteiger partial charge in [0.15, 0.2) is 5.82 Å². The summed E-state index contributed by atoms with van der Waals surface area (Å²) in [6, 6.07) is 3.39. The number of nitrogens with zero attached hydrogens (tertiary/aromatic N) is 2. The lowest BCUT2D eigenvalue weighted by molar-refractivity contribution is -0.134. The Bertz CT molecular complexity index is 628. The Morgan fingerprint density at radius 1 is 1.25 bits per heavy atom. The smallest absolute Gasteiger partial charge is 0.389 e. The van der Waals surface area contributed by atoms with Crippen molar-refractivity contribution in [2.24, 2.45) is 0 Å². The summed E-state index contributed by atoms with van der Waals surface area (Å²) in [4.78, 5) is 3.93. The molecule has 0 amide bonds. The molecule has 0 fully saturated rings. The highest BCUT2D eigenvalue weighted by Crippen LogP contribution is 2.34. The first-order valence-corrected chi connectivity index (χ1v) is 6.99. The van der Waals surface area contributed by atoms with Gasteiger partial charge in [-0.15, -0.1) is 0 Å². The predicted octanol–water partition coefficient (Wildman–Crippen LogP) is 4.34. The molecule has 2 aromatic rings. The number of aromatic nitrogens is 2. The van der Waals surface area contributed by atoms with Gasteiger partial charge in [-0.05, 0) is 28.1 Å². The molecule has 0 bridgehead atoms. The summed E-state index contributed by atoms with van der Waals surface area (Å²) in [5, 5.41) is 3.52. The Kier molecular flexibility index (Phi) is 4.38. The second kappa shape index (κ2) is 5.72. The Hall–Kier alpha value is -1.09. The van der Waals surface area contributed by atoms with E-state index in [0.29, 0.717) is 15.7 Å². The lowest BCUT2D eigenvalue weighted by Gasteiger charge is -2.04. The summed E-state index contributed by atoms with van der Waals surface area (Å²) in [7, 11) is 0. The molecule has 1 aromatic carbocycles. The summed E-state index contributed by atoms with van der Waals surface area (Å²) in [5.74, 6) is 0.0782. The summed E-state index contributed by atoms with van der Waals surface area (Å²) >= 11 is 6.55. The van der Waals surface area contributed by atoms with Crippen molar-refractivity contribution in [1.29, 1.82) is 0 Å². The normalized spacial score (nSPS) is 11.8. The quantitative estimate of drug-likeness (QED) is 0.758. The van der Waals surface area contributed by atoms with E-state index in [0.717, 1.165) is 4.47 Å². The number of hydrogen-bond acceptors (Lipinski definition) is 4. The minimum atomic E-state index is -4.25. The molecule has 0 spiro atoms. The molecule has 0 unspecified atom stereocenters. The Morgan fingerprint density at radius 2 is 1.95 bits per heavy atom. The van der Waals surface area contributed by atoms with Crippen LogP contribution >= 0.6 is 31.9 Å². The van der Waals surface area contributed by atoms with Crippen LogP contribution in [0, 0.1) is 0 Å². The Morgan fingerprint density at radius 3 is 2.60 bits per heavy atom. The van der Waals surface area contributed by atoms with E-state index < -0.39 is 12.6 Å². The number of rotatable bonds is 3. The van der Waals surface area contributed by atoms with Gasteiger partial charge < -0.3 is 10.3 Å². The minimum Gasteiger partial charge on any atom is -0.397 e. The van der Waals surface area contributed by atoms with Crippen molar-refractivity contribution in [3.05, 3.63) is 26.9 Å². The molecule has 1 aromatic heterocycles. The van der Waals surface area contributed by atoms with E-state index in [2.05, 4.69) is 42.0 Å². The largest absolute Gasteiger partial charge is 0.397 e. The standard InChI is InChI=1S/C11H8Br2F3N3O/c12-5-3-6(9(17)7(13)4-5)10-18-8(19-20-10)1-2-11(14,15)16/h3-4H,1-2,17H2. The fraction of sp³-hybridized carbons (Fsp3) is 0.273. The van der Waals surface area contributed by atoms with Gasteiger partial charge in [0, 0.05) is 15.4 Å². The molecule has 4 nitrogen and oxygen atoms in total. The van der Waals surface area contributed by atoms with Crippen LogP contribution in [0.5, 0.6) is 0 Å². The van der Waals surface area contributed by atoms with Crippen molar-refractivity contribution in [2.45, 2.75) is 19.0 Å². The zero-order valence-corrected chi connectivity index (χ0v) is 13.0. The summed E-state index contributed by atoms with van der Waals surface area (Å²) in [6.07, 6.45) is -5.58. The number of anilines is 1. The average molecular weight is 415 g/mol. The van der Waals surface area contributed by atoms with E-state index in [9.17, 15) is 13.2 Å². The van der Waals surface area contributed by atoms with Gasteiger partial charge in [-0.2, -0.15) is 18.2 Å². The Balaban J connectivity index is 2.25. The molecule has 2 rings (SSSR count). The molecule has 108 valence electrons. The van der Waals surface area contributed by atoms with Gasteiger partial charge in [0.25, 0.3) is 5.89 Å². The monoisotopic (exact) mass is 413 g/mol. The number of aryl methyl sites for hydroxylation is 1. The van der Waals surface area contributed by atoms with Crippen LogP contribution in [0.25, 0.3) is 11.5 Å². The lowest BCUT2D eigenvalue weighted by atomic mass is 10.2.